The summed E-state index contributed by atoms with van der Waals surface area (Å²) in [5.74, 6) is 1.52. The minimum absolute atomic E-state index is 0.358. The third kappa shape index (κ3) is 6.45. The van der Waals surface area contributed by atoms with Gasteiger partial charge in [0.25, 0.3) is 0 Å². The lowest BCUT2D eigenvalue weighted by molar-refractivity contribution is 0.346. The number of methoxy groups -OCH3 is 1. The molecule has 2 aromatic rings. The summed E-state index contributed by atoms with van der Waals surface area (Å²) in [4.78, 5) is 4.61. The van der Waals surface area contributed by atoms with Gasteiger partial charge in [-0.15, -0.1) is 0 Å². The molecule has 3 rings (SSSR count). The van der Waals surface area contributed by atoms with Crippen molar-refractivity contribution in [1.29, 1.82) is 0 Å². The molecule has 1 heterocycles. The van der Waals surface area contributed by atoms with Crippen LogP contribution in [0.3, 0.4) is 0 Å². The van der Waals surface area contributed by atoms with Gasteiger partial charge in [-0.2, -0.15) is 4.31 Å². The first-order chi connectivity index (χ1) is 15.0. The van der Waals surface area contributed by atoms with E-state index in [1.807, 2.05) is 30.3 Å². The molecule has 1 aliphatic heterocycles. The van der Waals surface area contributed by atoms with Gasteiger partial charge in [0.1, 0.15) is 5.75 Å². The molecule has 0 saturated carbocycles. The van der Waals surface area contributed by atoms with E-state index in [1.54, 1.807) is 36.7 Å². The first-order valence-corrected chi connectivity index (χ1v) is 12.1. The maximum Gasteiger partial charge on any atom is 0.243 e. The number of aliphatic imine (C=N–C) groups is 1. The van der Waals surface area contributed by atoms with Crippen molar-refractivity contribution in [3.63, 3.8) is 0 Å². The van der Waals surface area contributed by atoms with E-state index in [0.717, 1.165) is 43.5 Å². The van der Waals surface area contributed by atoms with Crippen molar-refractivity contribution in [2.45, 2.75) is 37.1 Å². The third-order valence-corrected chi connectivity index (χ3v) is 7.29. The molecule has 0 amide bonds. The number of nitrogens with zero attached hydrogens (tertiary/aromatic N) is 2. The Balaban J connectivity index is 1.52. The fourth-order valence-corrected chi connectivity index (χ4v) is 5.18. The van der Waals surface area contributed by atoms with Crippen LogP contribution in [0.1, 0.15) is 30.4 Å². The molecule has 1 saturated heterocycles. The van der Waals surface area contributed by atoms with E-state index >= 15 is 0 Å². The van der Waals surface area contributed by atoms with Crippen LogP contribution in [-0.4, -0.2) is 52.5 Å². The molecule has 7 nitrogen and oxygen atoms in total. The molecule has 2 N–H and O–H groups in total. The Morgan fingerprint density at radius 1 is 1.03 bits per heavy atom. The van der Waals surface area contributed by atoms with Crippen molar-refractivity contribution >= 4 is 16.0 Å². The fourth-order valence-electron chi connectivity index (χ4n) is 3.59. The molecule has 1 fully saturated rings. The molecule has 0 bridgehead atoms. The zero-order chi connectivity index (χ0) is 22.1. The molecule has 0 spiro atoms. The highest BCUT2D eigenvalue weighted by atomic mass is 32.2. The van der Waals surface area contributed by atoms with Gasteiger partial charge in [-0.1, -0.05) is 30.7 Å². The summed E-state index contributed by atoms with van der Waals surface area (Å²) in [6, 6.07) is 15.1. The van der Waals surface area contributed by atoms with Crippen molar-refractivity contribution in [2.75, 3.05) is 33.8 Å². The zero-order valence-electron chi connectivity index (χ0n) is 18.3. The molecular formula is C23H32N4O3S. The van der Waals surface area contributed by atoms with Gasteiger partial charge in [-0.3, -0.25) is 4.99 Å². The lowest BCUT2D eigenvalue weighted by Crippen LogP contribution is -2.38. The quantitative estimate of drug-likeness (QED) is 0.483. The molecule has 168 valence electrons. The van der Waals surface area contributed by atoms with Crippen LogP contribution in [0.2, 0.25) is 0 Å². The van der Waals surface area contributed by atoms with Crippen LogP contribution >= 0.6 is 0 Å². The Labute approximate surface area is 185 Å². The predicted octanol–water partition coefficient (Wildman–Crippen LogP) is 2.78. The van der Waals surface area contributed by atoms with E-state index in [0.29, 0.717) is 30.5 Å². The second-order valence-electron chi connectivity index (χ2n) is 7.56. The highest BCUT2D eigenvalue weighted by Crippen LogP contribution is 2.21. The second-order valence-corrected chi connectivity index (χ2v) is 9.50. The number of ether oxygens (including phenoxy) is 1. The summed E-state index contributed by atoms with van der Waals surface area (Å²) in [5, 5.41) is 6.55. The Hall–Kier alpha value is -2.58. The Bertz CT molecular complexity index is 969. The normalized spacial score (nSPS) is 15.5. The van der Waals surface area contributed by atoms with Gasteiger partial charge in [0.2, 0.25) is 10.0 Å². The van der Waals surface area contributed by atoms with E-state index < -0.39 is 10.0 Å². The van der Waals surface area contributed by atoms with E-state index in [1.165, 1.54) is 5.56 Å². The number of rotatable bonds is 8. The van der Waals surface area contributed by atoms with Gasteiger partial charge in [-0.25, -0.2) is 8.42 Å². The van der Waals surface area contributed by atoms with Crippen molar-refractivity contribution in [3.05, 3.63) is 59.7 Å². The monoisotopic (exact) mass is 444 g/mol. The number of piperidine rings is 1. The van der Waals surface area contributed by atoms with Crippen LogP contribution in [0.15, 0.2) is 58.4 Å². The molecular weight excluding hydrogens is 412 g/mol. The number of nitrogens with one attached hydrogen (secondary N) is 2. The average molecular weight is 445 g/mol. The summed E-state index contributed by atoms with van der Waals surface area (Å²) in [5.41, 5.74) is 2.11. The first kappa shape index (κ1) is 23.1. The SMILES string of the molecule is CN=C(NCCc1ccc(OC)cc1)NCc1cccc(S(=O)(=O)N2CCCCC2)c1. The van der Waals surface area contributed by atoms with Gasteiger partial charge in [0.05, 0.1) is 12.0 Å². The Morgan fingerprint density at radius 2 is 1.77 bits per heavy atom. The van der Waals surface area contributed by atoms with E-state index in [-0.39, 0.29) is 0 Å². The smallest absolute Gasteiger partial charge is 0.243 e. The molecule has 0 aliphatic carbocycles. The average Bonchev–Trinajstić information content (AvgIpc) is 2.82. The summed E-state index contributed by atoms with van der Waals surface area (Å²) in [6.45, 7) is 2.44. The lowest BCUT2D eigenvalue weighted by atomic mass is 10.1. The Kier molecular flexibility index (Phi) is 8.31. The van der Waals surface area contributed by atoms with Crippen LogP contribution in [0.25, 0.3) is 0 Å². The maximum atomic E-state index is 12.9. The second kappa shape index (κ2) is 11.2. The van der Waals surface area contributed by atoms with Gasteiger partial charge < -0.3 is 15.4 Å². The Morgan fingerprint density at radius 3 is 2.45 bits per heavy atom. The van der Waals surface area contributed by atoms with Crippen LogP contribution in [0, 0.1) is 0 Å². The molecule has 1 aliphatic rings. The van der Waals surface area contributed by atoms with Crippen LogP contribution in [-0.2, 0) is 23.0 Å². The van der Waals surface area contributed by atoms with Crippen LogP contribution < -0.4 is 15.4 Å². The number of sulfonamides is 1. The van der Waals surface area contributed by atoms with Crippen molar-refractivity contribution < 1.29 is 13.2 Å². The summed E-state index contributed by atoms with van der Waals surface area (Å²) in [7, 11) is -0.0479. The molecule has 8 heteroatoms. The predicted molar refractivity (Wildman–Crippen MR) is 124 cm³/mol. The molecule has 0 atom stereocenters. The topological polar surface area (TPSA) is 83.0 Å². The molecule has 0 unspecified atom stereocenters. The molecule has 2 aromatic carbocycles. The number of hydrogen-bond donors (Lipinski definition) is 2. The molecule has 0 radical (unpaired) electrons. The first-order valence-electron chi connectivity index (χ1n) is 10.7. The van der Waals surface area contributed by atoms with E-state index in [4.69, 9.17) is 4.74 Å². The summed E-state index contributed by atoms with van der Waals surface area (Å²) >= 11 is 0. The summed E-state index contributed by atoms with van der Waals surface area (Å²) < 4.78 is 32.6. The third-order valence-electron chi connectivity index (χ3n) is 5.40. The fraction of sp³-hybridized carbons (Fsp3) is 0.435. The molecule has 0 aromatic heterocycles. The van der Waals surface area contributed by atoms with Crippen molar-refractivity contribution in [2.24, 2.45) is 4.99 Å². The lowest BCUT2D eigenvalue weighted by Gasteiger charge is -2.26. The van der Waals surface area contributed by atoms with Gasteiger partial charge in [-0.05, 0) is 54.7 Å². The highest BCUT2D eigenvalue weighted by molar-refractivity contribution is 7.89. The molecule has 31 heavy (non-hydrogen) atoms. The summed E-state index contributed by atoms with van der Waals surface area (Å²) in [6.07, 6.45) is 3.81. The standard InChI is InChI=1S/C23H32N4O3S/c1-24-23(25-14-13-19-9-11-21(30-2)12-10-19)26-18-20-7-6-8-22(17-20)31(28,29)27-15-4-3-5-16-27/h6-12,17H,3-5,13-16,18H2,1-2H3,(H2,24,25,26). The number of guanidine groups is 1. The largest absolute Gasteiger partial charge is 0.497 e. The number of benzene rings is 2. The van der Waals surface area contributed by atoms with Crippen LogP contribution in [0.4, 0.5) is 0 Å². The van der Waals surface area contributed by atoms with E-state index in [9.17, 15) is 8.42 Å². The minimum Gasteiger partial charge on any atom is -0.497 e. The van der Waals surface area contributed by atoms with Crippen molar-refractivity contribution in [1.82, 2.24) is 14.9 Å². The van der Waals surface area contributed by atoms with Crippen molar-refractivity contribution in [3.8, 4) is 5.75 Å². The number of hydrogen-bond acceptors (Lipinski definition) is 4. The van der Waals surface area contributed by atoms with Gasteiger partial charge >= 0.3 is 0 Å². The zero-order valence-corrected chi connectivity index (χ0v) is 19.1. The highest BCUT2D eigenvalue weighted by Gasteiger charge is 2.25. The van der Waals surface area contributed by atoms with Crippen LogP contribution in [0.5, 0.6) is 5.75 Å². The van der Waals surface area contributed by atoms with Gasteiger partial charge in [0.15, 0.2) is 5.96 Å². The van der Waals surface area contributed by atoms with Gasteiger partial charge in [0, 0.05) is 33.2 Å². The van der Waals surface area contributed by atoms with E-state index in [2.05, 4.69) is 15.6 Å². The maximum absolute atomic E-state index is 12.9. The minimum atomic E-state index is -3.43.